The summed E-state index contributed by atoms with van der Waals surface area (Å²) in [4.78, 5) is 3.08. The Hall–Kier alpha value is -1.68. The van der Waals surface area contributed by atoms with Gasteiger partial charge in [0.1, 0.15) is 10.6 Å². The van der Waals surface area contributed by atoms with E-state index >= 15 is 0 Å². The molecule has 0 radical (unpaired) electrons. The number of primary sulfonamides is 1. The zero-order valence-corrected chi connectivity index (χ0v) is 9.75. The summed E-state index contributed by atoms with van der Waals surface area (Å²) in [6.45, 7) is 1.24. The first-order valence-corrected chi connectivity index (χ1v) is 6.11. The van der Waals surface area contributed by atoms with E-state index in [-0.39, 0.29) is 5.69 Å². The number of rotatable bonds is 1. The summed E-state index contributed by atoms with van der Waals surface area (Å²) >= 11 is 0. The molecule has 0 saturated carbocycles. The Kier molecular flexibility index (Phi) is 2.59. The highest BCUT2D eigenvalue weighted by Gasteiger charge is 2.35. The van der Waals surface area contributed by atoms with Crippen molar-refractivity contribution in [1.82, 2.24) is 14.6 Å². The minimum atomic E-state index is -4.67. The van der Waals surface area contributed by atoms with Crippen molar-refractivity contribution in [3.05, 3.63) is 23.7 Å². The zero-order chi connectivity index (χ0) is 13.7. The molecular formula is C8H7F3N4O2S. The normalized spacial score (nSPS) is 13.2. The van der Waals surface area contributed by atoms with Gasteiger partial charge < -0.3 is 0 Å². The number of nitrogens with two attached hydrogens (primary N) is 1. The Morgan fingerprint density at radius 3 is 2.50 bits per heavy atom. The third-order valence-corrected chi connectivity index (χ3v) is 3.26. The van der Waals surface area contributed by atoms with Gasteiger partial charge in [0.2, 0.25) is 10.0 Å². The molecule has 6 nitrogen and oxygen atoms in total. The minimum absolute atomic E-state index is 0.137. The summed E-state index contributed by atoms with van der Waals surface area (Å²) in [5.74, 6) is 0. The van der Waals surface area contributed by atoms with Gasteiger partial charge in [-0.3, -0.25) is 0 Å². The Morgan fingerprint density at radius 1 is 1.39 bits per heavy atom. The number of alkyl halides is 3. The maximum Gasteiger partial charge on any atom is 0.433 e. The maximum atomic E-state index is 12.7. The average molecular weight is 280 g/mol. The molecule has 10 heteroatoms. The molecule has 18 heavy (non-hydrogen) atoms. The van der Waals surface area contributed by atoms with Gasteiger partial charge in [-0.2, -0.15) is 18.3 Å². The SMILES string of the molecule is Cc1nn2c(C(F)(F)F)ccnc2c1S(N)(=O)=O. The molecule has 2 N–H and O–H groups in total. The van der Waals surface area contributed by atoms with Gasteiger partial charge in [-0.05, 0) is 13.0 Å². The lowest BCUT2D eigenvalue weighted by molar-refractivity contribution is -0.142. The molecule has 0 aliphatic heterocycles. The molecule has 0 spiro atoms. The van der Waals surface area contributed by atoms with Crippen LogP contribution in [0.1, 0.15) is 11.4 Å². The molecule has 2 aromatic heterocycles. The van der Waals surface area contributed by atoms with Gasteiger partial charge in [0.05, 0.1) is 5.69 Å². The summed E-state index contributed by atoms with van der Waals surface area (Å²) in [6.07, 6.45) is -3.82. The number of hydrogen-bond donors (Lipinski definition) is 1. The average Bonchev–Trinajstić information content (AvgIpc) is 2.50. The predicted molar refractivity (Wildman–Crippen MR) is 54.1 cm³/mol. The summed E-state index contributed by atoms with van der Waals surface area (Å²) in [6, 6.07) is 0.701. The fraction of sp³-hybridized carbons (Fsp3) is 0.250. The third-order valence-electron chi connectivity index (χ3n) is 2.21. The zero-order valence-electron chi connectivity index (χ0n) is 8.93. The van der Waals surface area contributed by atoms with Crippen molar-refractivity contribution in [1.29, 1.82) is 0 Å². The first kappa shape index (κ1) is 12.8. The van der Waals surface area contributed by atoms with Gasteiger partial charge in [0.15, 0.2) is 5.65 Å². The van der Waals surface area contributed by atoms with Crippen molar-refractivity contribution in [2.45, 2.75) is 18.0 Å². The van der Waals surface area contributed by atoms with Gasteiger partial charge in [-0.15, -0.1) is 0 Å². The van der Waals surface area contributed by atoms with Crippen molar-refractivity contribution in [3.63, 3.8) is 0 Å². The lowest BCUT2D eigenvalue weighted by atomic mass is 10.4. The molecule has 2 aromatic rings. The van der Waals surface area contributed by atoms with E-state index in [0.717, 1.165) is 6.20 Å². The van der Waals surface area contributed by atoms with E-state index in [9.17, 15) is 21.6 Å². The van der Waals surface area contributed by atoms with Gasteiger partial charge >= 0.3 is 6.18 Å². The van der Waals surface area contributed by atoms with Crippen LogP contribution in [-0.4, -0.2) is 23.0 Å². The fourth-order valence-electron chi connectivity index (χ4n) is 1.58. The van der Waals surface area contributed by atoms with E-state index in [1.54, 1.807) is 0 Å². The number of aryl methyl sites for hydroxylation is 1. The molecule has 0 atom stereocenters. The standard InChI is InChI=1S/C8H7F3N4O2S/c1-4-6(18(12,16)17)7-13-3-2-5(8(9,10)11)15(7)14-4/h2-3H,1H3,(H2,12,16,17). The molecule has 0 aromatic carbocycles. The van der Waals surface area contributed by atoms with Crippen LogP contribution in [0.4, 0.5) is 13.2 Å². The van der Waals surface area contributed by atoms with Crippen LogP contribution in [0.5, 0.6) is 0 Å². The number of fused-ring (bicyclic) bond motifs is 1. The van der Waals surface area contributed by atoms with Crippen molar-refractivity contribution >= 4 is 15.7 Å². The number of nitrogens with zero attached hydrogens (tertiary/aromatic N) is 3. The molecule has 0 unspecified atom stereocenters. The van der Waals surface area contributed by atoms with E-state index in [1.165, 1.54) is 6.92 Å². The van der Waals surface area contributed by atoms with Crippen molar-refractivity contribution in [2.75, 3.05) is 0 Å². The quantitative estimate of drug-likeness (QED) is 0.832. The Balaban J connectivity index is 2.93. The fourth-order valence-corrected chi connectivity index (χ4v) is 2.43. The highest BCUT2D eigenvalue weighted by Crippen LogP contribution is 2.30. The van der Waals surface area contributed by atoms with Crippen LogP contribution in [0.3, 0.4) is 0 Å². The first-order valence-electron chi connectivity index (χ1n) is 4.56. The highest BCUT2D eigenvalue weighted by molar-refractivity contribution is 7.89. The lowest BCUT2D eigenvalue weighted by Gasteiger charge is -2.07. The van der Waals surface area contributed by atoms with Crippen LogP contribution < -0.4 is 5.14 Å². The number of aromatic nitrogens is 3. The Bertz CT molecular complexity index is 720. The third kappa shape index (κ3) is 1.93. The predicted octanol–water partition coefficient (Wildman–Crippen LogP) is 0.704. The van der Waals surface area contributed by atoms with Gasteiger partial charge in [0.25, 0.3) is 0 Å². The van der Waals surface area contributed by atoms with Crippen LogP contribution >= 0.6 is 0 Å². The van der Waals surface area contributed by atoms with Crippen molar-refractivity contribution < 1.29 is 21.6 Å². The van der Waals surface area contributed by atoms with Crippen LogP contribution in [0.15, 0.2) is 17.2 Å². The lowest BCUT2D eigenvalue weighted by Crippen LogP contribution is -2.15. The van der Waals surface area contributed by atoms with E-state index in [4.69, 9.17) is 5.14 Å². The topological polar surface area (TPSA) is 90.3 Å². The van der Waals surface area contributed by atoms with E-state index in [1.807, 2.05) is 0 Å². The van der Waals surface area contributed by atoms with Crippen molar-refractivity contribution in [3.8, 4) is 0 Å². The smallest absolute Gasteiger partial charge is 0.236 e. The molecule has 0 saturated heterocycles. The molecule has 2 heterocycles. The monoisotopic (exact) mass is 280 g/mol. The number of sulfonamides is 1. The highest BCUT2D eigenvalue weighted by atomic mass is 32.2. The number of halogens is 3. The Labute approximate surface area is 99.3 Å². The minimum Gasteiger partial charge on any atom is -0.236 e. The largest absolute Gasteiger partial charge is 0.433 e. The second-order valence-corrected chi connectivity index (χ2v) is 5.02. The molecule has 0 aliphatic carbocycles. The van der Waals surface area contributed by atoms with E-state index in [0.29, 0.717) is 10.6 Å². The van der Waals surface area contributed by atoms with Gasteiger partial charge in [-0.25, -0.2) is 23.1 Å². The molecule has 0 bridgehead atoms. The second kappa shape index (κ2) is 3.65. The van der Waals surface area contributed by atoms with Gasteiger partial charge in [-0.1, -0.05) is 0 Å². The summed E-state index contributed by atoms with van der Waals surface area (Å²) < 4.78 is 61.1. The van der Waals surface area contributed by atoms with E-state index < -0.39 is 32.4 Å². The van der Waals surface area contributed by atoms with Crippen LogP contribution in [-0.2, 0) is 16.2 Å². The summed E-state index contributed by atoms with van der Waals surface area (Å²) in [7, 11) is -4.19. The van der Waals surface area contributed by atoms with Gasteiger partial charge in [0, 0.05) is 6.20 Å². The maximum absolute atomic E-state index is 12.7. The van der Waals surface area contributed by atoms with Crippen LogP contribution in [0.2, 0.25) is 0 Å². The number of hydrogen-bond acceptors (Lipinski definition) is 4. The molecule has 0 amide bonds. The second-order valence-electron chi connectivity index (χ2n) is 3.52. The molecular weight excluding hydrogens is 273 g/mol. The van der Waals surface area contributed by atoms with Crippen LogP contribution in [0, 0.1) is 6.92 Å². The molecule has 0 aliphatic rings. The Morgan fingerprint density at radius 2 is 2.00 bits per heavy atom. The first-order chi connectivity index (χ1) is 8.12. The van der Waals surface area contributed by atoms with Crippen LogP contribution in [0.25, 0.3) is 5.65 Å². The molecule has 2 rings (SSSR count). The summed E-state index contributed by atoms with van der Waals surface area (Å²) in [5, 5.41) is 8.45. The molecule has 98 valence electrons. The molecule has 0 fully saturated rings. The van der Waals surface area contributed by atoms with Crippen molar-refractivity contribution in [2.24, 2.45) is 5.14 Å². The summed E-state index contributed by atoms with van der Waals surface area (Å²) in [5.41, 5.74) is -1.70. The van der Waals surface area contributed by atoms with E-state index in [2.05, 4.69) is 10.1 Å².